The van der Waals surface area contributed by atoms with Crippen molar-refractivity contribution in [2.24, 2.45) is 10.7 Å². The minimum absolute atomic E-state index is 0.188. The van der Waals surface area contributed by atoms with E-state index in [0.29, 0.717) is 12.5 Å². The Morgan fingerprint density at radius 3 is 2.68 bits per heavy atom. The van der Waals surface area contributed by atoms with Gasteiger partial charge in [-0.1, -0.05) is 26.2 Å². The van der Waals surface area contributed by atoms with Crippen molar-refractivity contribution >= 4 is 5.96 Å². The zero-order valence-electron chi connectivity index (χ0n) is 12.4. The summed E-state index contributed by atoms with van der Waals surface area (Å²) in [5, 5.41) is 3.16. The Morgan fingerprint density at radius 2 is 2.05 bits per heavy atom. The second-order valence-electron chi connectivity index (χ2n) is 5.19. The second kappa shape index (κ2) is 9.15. The Labute approximate surface area is 116 Å². The molecule has 1 saturated heterocycles. The van der Waals surface area contributed by atoms with Crippen LogP contribution >= 0.6 is 0 Å². The van der Waals surface area contributed by atoms with Gasteiger partial charge in [0.25, 0.3) is 0 Å². The molecule has 1 aliphatic rings. The van der Waals surface area contributed by atoms with Crippen LogP contribution in [0.3, 0.4) is 0 Å². The first-order valence-corrected chi connectivity index (χ1v) is 7.39. The number of nitrogens with zero attached hydrogens (tertiary/aromatic N) is 1. The summed E-state index contributed by atoms with van der Waals surface area (Å²) in [5.41, 5.74) is 5.68. The van der Waals surface area contributed by atoms with Crippen molar-refractivity contribution in [2.75, 3.05) is 33.4 Å². The number of nitrogens with two attached hydrogens (primary N) is 1. The Balaban J connectivity index is 2.25. The highest BCUT2D eigenvalue weighted by Crippen LogP contribution is 2.24. The van der Waals surface area contributed by atoms with Crippen LogP contribution in [0.1, 0.15) is 45.4 Å². The van der Waals surface area contributed by atoms with Crippen LogP contribution in [-0.2, 0) is 9.47 Å². The molecule has 0 aromatic heterocycles. The van der Waals surface area contributed by atoms with Crippen LogP contribution in [0, 0.1) is 0 Å². The zero-order chi connectivity index (χ0) is 14.0. The molecule has 0 unspecified atom stereocenters. The van der Waals surface area contributed by atoms with Gasteiger partial charge in [0, 0.05) is 39.7 Å². The smallest absolute Gasteiger partial charge is 0.188 e. The molecule has 0 saturated carbocycles. The van der Waals surface area contributed by atoms with Gasteiger partial charge in [0.15, 0.2) is 5.96 Å². The standard InChI is InChI=1S/C14H29N3O2/c1-3-4-5-6-9-16-13(15)17-12-14(18-2)7-10-19-11-8-14/h3-12H2,1-2H3,(H3,15,16,17). The van der Waals surface area contributed by atoms with E-state index >= 15 is 0 Å². The lowest BCUT2D eigenvalue weighted by atomic mass is 9.94. The average molecular weight is 271 g/mol. The predicted octanol–water partition coefficient (Wildman–Crippen LogP) is 1.67. The first-order chi connectivity index (χ1) is 9.22. The highest BCUT2D eigenvalue weighted by atomic mass is 16.5. The molecule has 1 heterocycles. The van der Waals surface area contributed by atoms with Crippen molar-refractivity contribution in [3.05, 3.63) is 0 Å². The summed E-state index contributed by atoms with van der Waals surface area (Å²) >= 11 is 0. The summed E-state index contributed by atoms with van der Waals surface area (Å²) in [6.45, 7) is 5.21. The molecule has 112 valence electrons. The third kappa shape index (κ3) is 6.25. The van der Waals surface area contributed by atoms with Gasteiger partial charge < -0.3 is 20.5 Å². The molecule has 5 heteroatoms. The van der Waals surface area contributed by atoms with Gasteiger partial charge in [-0.2, -0.15) is 0 Å². The molecule has 1 fully saturated rings. The number of unbranched alkanes of at least 4 members (excludes halogenated alkanes) is 3. The van der Waals surface area contributed by atoms with Gasteiger partial charge in [-0.3, -0.25) is 4.99 Å². The molecular weight excluding hydrogens is 242 g/mol. The monoisotopic (exact) mass is 271 g/mol. The minimum Gasteiger partial charge on any atom is -0.381 e. The second-order valence-corrected chi connectivity index (χ2v) is 5.19. The van der Waals surface area contributed by atoms with E-state index in [1.807, 2.05) is 0 Å². The molecule has 1 rings (SSSR count). The van der Waals surface area contributed by atoms with E-state index in [1.165, 1.54) is 19.3 Å². The van der Waals surface area contributed by atoms with Gasteiger partial charge >= 0.3 is 0 Å². The third-order valence-electron chi connectivity index (χ3n) is 3.71. The van der Waals surface area contributed by atoms with E-state index < -0.39 is 0 Å². The van der Waals surface area contributed by atoms with Crippen molar-refractivity contribution in [1.82, 2.24) is 5.32 Å². The molecule has 1 aliphatic heterocycles. The van der Waals surface area contributed by atoms with E-state index in [-0.39, 0.29) is 5.60 Å². The van der Waals surface area contributed by atoms with Crippen molar-refractivity contribution in [1.29, 1.82) is 0 Å². The molecule has 19 heavy (non-hydrogen) atoms. The largest absolute Gasteiger partial charge is 0.381 e. The lowest BCUT2D eigenvalue weighted by Crippen LogP contribution is -2.42. The van der Waals surface area contributed by atoms with Crippen LogP contribution in [0.2, 0.25) is 0 Å². The van der Waals surface area contributed by atoms with Crippen LogP contribution in [0.5, 0.6) is 0 Å². The summed E-state index contributed by atoms with van der Waals surface area (Å²) in [5.74, 6) is 0.527. The normalized spacial score (nSPS) is 19.4. The predicted molar refractivity (Wildman–Crippen MR) is 78.4 cm³/mol. The molecule has 0 radical (unpaired) electrons. The van der Waals surface area contributed by atoms with Crippen LogP contribution in [0.15, 0.2) is 4.99 Å². The minimum atomic E-state index is -0.188. The molecule has 0 atom stereocenters. The van der Waals surface area contributed by atoms with Crippen LogP contribution in [-0.4, -0.2) is 45.0 Å². The molecule has 0 bridgehead atoms. The maximum Gasteiger partial charge on any atom is 0.188 e. The SMILES string of the molecule is CCCCCCNC(N)=NCC1(OC)CCOCC1. The van der Waals surface area contributed by atoms with Gasteiger partial charge in [0.2, 0.25) is 0 Å². The Kier molecular flexibility index (Phi) is 7.82. The van der Waals surface area contributed by atoms with Crippen molar-refractivity contribution < 1.29 is 9.47 Å². The van der Waals surface area contributed by atoms with Crippen molar-refractivity contribution in [3.63, 3.8) is 0 Å². The Hall–Kier alpha value is -0.810. The fraction of sp³-hybridized carbons (Fsp3) is 0.929. The first-order valence-electron chi connectivity index (χ1n) is 7.39. The van der Waals surface area contributed by atoms with Gasteiger partial charge in [0.05, 0.1) is 12.1 Å². The maximum atomic E-state index is 5.87. The lowest BCUT2D eigenvalue weighted by molar-refractivity contribution is -0.0828. The molecule has 0 aromatic rings. The third-order valence-corrected chi connectivity index (χ3v) is 3.71. The number of hydrogen-bond acceptors (Lipinski definition) is 3. The summed E-state index contributed by atoms with van der Waals surface area (Å²) < 4.78 is 11.0. The number of guanidine groups is 1. The zero-order valence-corrected chi connectivity index (χ0v) is 12.4. The highest BCUT2D eigenvalue weighted by Gasteiger charge is 2.32. The summed E-state index contributed by atoms with van der Waals surface area (Å²) in [7, 11) is 1.75. The molecule has 0 aromatic carbocycles. The summed E-state index contributed by atoms with van der Waals surface area (Å²) in [4.78, 5) is 4.41. The average Bonchev–Trinajstić information content (AvgIpc) is 2.46. The molecule has 5 nitrogen and oxygen atoms in total. The lowest BCUT2D eigenvalue weighted by Gasteiger charge is -2.34. The van der Waals surface area contributed by atoms with Gasteiger partial charge in [-0.25, -0.2) is 0 Å². The fourth-order valence-corrected chi connectivity index (χ4v) is 2.22. The van der Waals surface area contributed by atoms with Crippen molar-refractivity contribution in [3.8, 4) is 0 Å². The highest BCUT2D eigenvalue weighted by molar-refractivity contribution is 5.77. The van der Waals surface area contributed by atoms with Gasteiger partial charge in [0.1, 0.15) is 0 Å². The fourth-order valence-electron chi connectivity index (χ4n) is 2.22. The maximum absolute atomic E-state index is 5.87. The van der Waals surface area contributed by atoms with Crippen LogP contribution in [0.25, 0.3) is 0 Å². The molecular formula is C14H29N3O2. The number of hydrogen-bond donors (Lipinski definition) is 2. The number of ether oxygens (including phenoxy) is 2. The van der Waals surface area contributed by atoms with Crippen LogP contribution < -0.4 is 11.1 Å². The van der Waals surface area contributed by atoms with Gasteiger partial charge in [-0.05, 0) is 6.42 Å². The molecule has 0 amide bonds. The van der Waals surface area contributed by atoms with E-state index in [1.54, 1.807) is 7.11 Å². The van der Waals surface area contributed by atoms with E-state index in [0.717, 1.165) is 39.0 Å². The van der Waals surface area contributed by atoms with Crippen LogP contribution in [0.4, 0.5) is 0 Å². The van der Waals surface area contributed by atoms with E-state index in [4.69, 9.17) is 15.2 Å². The quantitative estimate of drug-likeness (QED) is 0.400. The Bertz CT molecular complexity index is 263. The molecule has 0 spiro atoms. The summed E-state index contributed by atoms with van der Waals surface area (Å²) in [6, 6.07) is 0. The molecule has 3 N–H and O–H groups in total. The number of aliphatic imine (C=N–C) groups is 1. The number of methoxy groups -OCH3 is 1. The van der Waals surface area contributed by atoms with Crippen molar-refractivity contribution in [2.45, 2.75) is 51.0 Å². The van der Waals surface area contributed by atoms with Gasteiger partial charge in [-0.15, -0.1) is 0 Å². The van der Waals surface area contributed by atoms with E-state index in [2.05, 4.69) is 17.2 Å². The number of nitrogens with one attached hydrogen (secondary N) is 1. The topological polar surface area (TPSA) is 68.9 Å². The number of rotatable bonds is 8. The first kappa shape index (κ1) is 16.2. The Morgan fingerprint density at radius 1 is 1.32 bits per heavy atom. The summed E-state index contributed by atoms with van der Waals surface area (Å²) in [6.07, 6.45) is 6.70. The van der Waals surface area contributed by atoms with E-state index in [9.17, 15) is 0 Å². The molecule has 0 aliphatic carbocycles.